The van der Waals surface area contributed by atoms with Gasteiger partial charge < -0.3 is 10.1 Å². The highest BCUT2D eigenvalue weighted by Gasteiger charge is 2.07. The largest absolute Gasteiger partial charge is 0.444 e. The quantitative estimate of drug-likeness (QED) is 0.875. The van der Waals surface area contributed by atoms with Gasteiger partial charge in [-0.25, -0.2) is 4.79 Å². The van der Waals surface area contributed by atoms with Crippen LogP contribution < -0.4 is 10.6 Å². The summed E-state index contributed by atoms with van der Waals surface area (Å²) < 4.78 is 5.21. The van der Waals surface area contributed by atoms with Gasteiger partial charge in [0.2, 0.25) is 0 Å². The zero-order chi connectivity index (χ0) is 17.5. The highest BCUT2D eigenvalue weighted by molar-refractivity contribution is 5.96. The molecule has 2 amide bonds. The molecule has 0 aromatic heterocycles. The van der Waals surface area contributed by atoms with E-state index in [0.717, 1.165) is 5.56 Å². The van der Waals surface area contributed by atoms with Gasteiger partial charge in [0.15, 0.2) is 0 Å². The lowest BCUT2D eigenvalue weighted by Gasteiger charge is -2.09. The molecule has 0 bridgehead atoms. The molecule has 0 fully saturated rings. The molecule has 0 aliphatic carbocycles. The average molecular weight is 326 g/mol. The molecule has 2 rings (SSSR count). The van der Waals surface area contributed by atoms with E-state index in [1.54, 1.807) is 31.3 Å². The standard InChI is InChI=1S/C19H22N2O3/c1-13(2)15-9-7-14(8-10-15)12-24-19(23)21-17-6-4-5-16(11-17)18(22)20-3/h4-11,13H,12H2,1-3H3,(H,20,22)(H,21,23). The number of rotatable bonds is 5. The van der Waals surface area contributed by atoms with E-state index in [4.69, 9.17) is 4.74 Å². The summed E-state index contributed by atoms with van der Waals surface area (Å²) in [6.07, 6.45) is -0.558. The maximum atomic E-state index is 11.9. The van der Waals surface area contributed by atoms with E-state index >= 15 is 0 Å². The first-order valence-corrected chi connectivity index (χ1v) is 7.84. The Bertz CT molecular complexity index is 709. The number of carbonyl (C=O) groups is 2. The van der Waals surface area contributed by atoms with Gasteiger partial charge in [-0.2, -0.15) is 0 Å². The first kappa shape index (κ1) is 17.5. The molecular weight excluding hydrogens is 304 g/mol. The highest BCUT2D eigenvalue weighted by atomic mass is 16.5. The number of benzene rings is 2. The van der Waals surface area contributed by atoms with E-state index in [0.29, 0.717) is 17.2 Å². The molecule has 5 heteroatoms. The van der Waals surface area contributed by atoms with E-state index in [2.05, 4.69) is 24.5 Å². The van der Waals surface area contributed by atoms with Crippen molar-refractivity contribution in [1.29, 1.82) is 0 Å². The minimum Gasteiger partial charge on any atom is -0.444 e. The van der Waals surface area contributed by atoms with Gasteiger partial charge in [-0.05, 0) is 35.2 Å². The Balaban J connectivity index is 1.90. The minimum absolute atomic E-state index is 0.194. The first-order chi connectivity index (χ1) is 11.5. The van der Waals surface area contributed by atoms with Crippen molar-refractivity contribution in [1.82, 2.24) is 5.32 Å². The lowest BCUT2D eigenvalue weighted by Crippen LogP contribution is -2.18. The summed E-state index contributed by atoms with van der Waals surface area (Å²) in [6, 6.07) is 14.6. The molecule has 0 unspecified atom stereocenters. The fraction of sp³-hybridized carbons (Fsp3) is 0.263. The lowest BCUT2D eigenvalue weighted by atomic mass is 10.0. The zero-order valence-electron chi connectivity index (χ0n) is 14.1. The van der Waals surface area contributed by atoms with Crippen molar-refractivity contribution in [2.75, 3.05) is 12.4 Å². The van der Waals surface area contributed by atoms with Crippen molar-refractivity contribution in [3.05, 3.63) is 65.2 Å². The van der Waals surface area contributed by atoms with Crippen LogP contribution in [0.4, 0.5) is 10.5 Å². The number of carbonyl (C=O) groups excluding carboxylic acids is 2. The summed E-state index contributed by atoms with van der Waals surface area (Å²) in [5.74, 6) is 0.258. The van der Waals surface area contributed by atoms with Gasteiger partial charge in [0.25, 0.3) is 5.91 Å². The van der Waals surface area contributed by atoms with Crippen molar-refractivity contribution in [3.8, 4) is 0 Å². The molecule has 0 saturated heterocycles. The molecule has 0 saturated carbocycles. The molecule has 2 aromatic carbocycles. The number of hydrogen-bond acceptors (Lipinski definition) is 3. The van der Waals surface area contributed by atoms with E-state index < -0.39 is 6.09 Å². The van der Waals surface area contributed by atoms with Gasteiger partial charge >= 0.3 is 6.09 Å². The van der Waals surface area contributed by atoms with Gasteiger partial charge in [-0.3, -0.25) is 10.1 Å². The molecule has 5 nitrogen and oxygen atoms in total. The van der Waals surface area contributed by atoms with Crippen LogP contribution in [0.15, 0.2) is 48.5 Å². The number of nitrogens with one attached hydrogen (secondary N) is 2. The molecule has 126 valence electrons. The van der Waals surface area contributed by atoms with Crippen LogP contribution in [0.3, 0.4) is 0 Å². The maximum Gasteiger partial charge on any atom is 0.411 e. The Morgan fingerprint density at radius 1 is 1.08 bits per heavy atom. The fourth-order valence-corrected chi connectivity index (χ4v) is 2.18. The minimum atomic E-state index is -0.558. The SMILES string of the molecule is CNC(=O)c1cccc(NC(=O)OCc2ccc(C(C)C)cc2)c1. The Morgan fingerprint density at radius 3 is 2.42 bits per heavy atom. The Hall–Kier alpha value is -2.82. The molecule has 0 atom stereocenters. The van der Waals surface area contributed by atoms with E-state index in [1.165, 1.54) is 5.56 Å². The molecule has 0 spiro atoms. The van der Waals surface area contributed by atoms with Crippen LogP contribution in [0.5, 0.6) is 0 Å². The number of anilines is 1. The molecule has 0 heterocycles. The third-order valence-corrected chi connectivity index (χ3v) is 3.61. The van der Waals surface area contributed by atoms with Crippen LogP contribution in [0.25, 0.3) is 0 Å². The van der Waals surface area contributed by atoms with Crippen LogP contribution in [0, 0.1) is 0 Å². The van der Waals surface area contributed by atoms with Crippen molar-refractivity contribution >= 4 is 17.7 Å². The van der Waals surface area contributed by atoms with Crippen molar-refractivity contribution in [3.63, 3.8) is 0 Å². The molecule has 24 heavy (non-hydrogen) atoms. The van der Waals surface area contributed by atoms with E-state index in [1.807, 2.05) is 24.3 Å². The average Bonchev–Trinajstić information content (AvgIpc) is 2.59. The normalized spacial score (nSPS) is 10.3. The second-order valence-corrected chi connectivity index (χ2v) is 5.76. The van der Waals surface area contributed by atoms with Crippen LogP contribution in [0.1, 0.15) is 41.3 Å². The van der Waals surface area contributed by atoms with Gasteiger partial charge in [0, 0.05) is 18.3 Å². The Kier molecular flexibility index (Phi) is 5.95. The Labute approximate surface area is 142 Å². The van der Waals surface area contributed by atoms with Crippen LogP contribution in [0.2, 0.25) is 0 Å². The molecule has 0 aliphatic rings. The fourth-order valence-electron chi connectivity index (χ4n) is 2.18. The second kappa shape index (κ2) is 8.15. The van der Waals surface area contributed by atoms with Crippen LogP contribution in [-0.2, 0) is 11.3 Å². The zero-order valence-corrected chi connectivity index (χ0v) is 14.1. The topological polar surface area (TPSA) is 67.4 Å². The maximum absolute atomic E-state index is 11.9. The van der Waals surface area contributed by atoms with Crippen LogP contribution in [-0.4, -0.2) is 19.0 Å². The number of amides is 2. The monoisotopic (exact) mass is 326 g/mol. The summed E-state index contributed by atoms with van der Waals surface area (Å²) in [5.41, 5.74) is 3.15. The van der Waals surface area contributed by atoms with E-state index in [9.17, 15) is 9.59 Å². The Morgan fingerprint density at radius 2 is 1.79 bits per heavy atom. The van der Waals surface area contributed by atoms with Gasteiger partial charge in [0.05, 0.1) is 0 Å². The summed E-state index contributed by atoms with van der Waals surface area (Å²) in [5, 5.41) is 5.16. The second-order valence-electron chi connectivity index (χ2n) is 5.76. The number of ether oxygens (including phenoxy) is 1. The summed E-state index contributed by atoms with van der Waals surface area (Å²) >= 11 is 0. The summed E-state index contributed by atoms with van der Waals surface area (Å²) in [7, 11) is 1.56. The third kappa shape index (κ3) is 4.84. The third-order valence-electron chi connectivity index (χ3n) is 3.61. The van der Waals surface area contributed by atoms with Crippen LogP contribution >= 0.6 is 0 Å². The lowest BCUT2D eigenvalue weighted by molar-refractivity contribution is 0.0963. The first-order valence-electron chi connectivity index (χ1n) is 7.84. The predicted molar refractivity (Wildman–Crippen MR) is 94.2 cm³/mol. The highest BCUT2D eigenvalue weighted by Crippen LogP contribution is 2.15. The summed E-state index contributed by atoms with van der Waals surface area (Å²) in [4.78, 5) is 23.5. The van der Waals surface area contributed by atoms with Gasteiger partial charge in [-0.15, -0.1) is 0 Å². The van der Waals surface area contributed by atoms with Gasteiger partial charge in [0.1, 0.15) is 6.61 Å². The number of hydrogen-bond donors (Lipinski definition) is 2. The predicted octanol–water partition coefficient (Wildman–Crippen LogP) is 3.92. The smallest absolute Gasteiger partial charge is 0.411 e. The summed E-state index contributed by atoms with van der Waals surface area (Å²) in [6.45, 7) is 4.46. The van der Waals surface area contributed by atoms with Crippen molar-refractivity contribution in [2.24, 2.45) is 0 Å². The van der Waals surface area contributed by atoms with Crippen molar-refractivity contribution < 1.29 is 14.3 Å². The molecule has 0 aliphatic heterocycles. The van der Waals surface area contributed by atoms with Crippen molar-refractivity contribution in [2.45, 2.75) is 26.4 Å². The molecule has 2 N–H and O–H groups in total. The molecular formula is C19H22N2O3. The van der Waals surface area contributed by atoms with E-state index in [-0.39, 0.29) is 12.5 Å². The molecule has 0 radical (unpaired) electrons. The molecule has 2 aromatic rings. The van der Waals surface area contributed by atoms with Gasteiger partial charge in [-0.1, -0.05) is 44.2 Å².